The monoisotopic (exact) mass is 543 g/mol. The molecule has 0 saturated carbocycles. The quantitative estimate of drug-likeness (QED) is 0.300. The first-order valence-corrected chi connectivity index (χ1v) is 10.5. The fourth-order valence-corrected chi connectivity index (χ4v) is 3.93. The first kappa shape index (κ1) is 24.8. The Bertz CT molecular complexity index is 826. The van der Waals surface area contributed by atoms with Crippen LogP contribution >= 0.6 is 35.6 Å². The largest absolute Gasteiger partial charge is 0.496 e. The minimum atomic E-state index is -0.0240. The molecule has 2 N–H and O–H groups in total. The predicted molar refractivity (Wildman–Crippen MR) is 134 cm³/mol. The Balaban J connectivity index is 0.00000320. The van der Waals surface area contributed by atoms with Gasteiger partial charge in [-0.25, -0.2) is 4.99 Å². The van der Waals surface area contributed by atoms with Gasteiger partial charge in [0, 0.05) is 42.3 Å². The molecule has 0 aromatic heterocycles. The van der Waals surface area contributed by atoms with E-state index in [9.17, 15) is 0 Å². The van der Waals surface area contributed by atoms with Gasteiger partial charge in [0.15, 0.2) is 5.96 Å². The fourth-order valence-electron chi connectivity index (χ4n) is 3.74. The summed E-state index contributed by atoms with van der Waals surface area (Å²) in [4.78, 5) is 4.78. The van der Waals surface area contributed by atoms with Gasteiger partial charge >= 0.3 is 0 Å². The topological polar surface area (TPSA) is 54.9 Å². The number of rotatable bonds is 7. The molecule has 3 rings (SSSR count). The summed E-state index contributed by atoms with van der Waals surface area (Å²) in [5, 5.41) is 7.68. The molecule has 0 unspecified atom stereocenters. The molecule has 2 aromatic rings. The van der Waals surface area contributed by atoms with Gasteiger partial charge in [0.1, 0.15) is 5.75 Å². The number of methoxy groups -OCH3 is 1. The number of aliphatic imine (C=N–C) groups is 1. The summed E-state index contributed by atoms with van der Waals surface area (Å²) in [6, 6.07) is 16.2. The number of hydrogen-bond acceptors (Lipinski definition) is 3. The van der Waals surface area contributed by atoms with Gasteiger partial charge in [0.25, 0.3) is 0 Å². The van der Waals surface area contributed by atoms with Crippen molar-refractivity contribution in [3.05, 3.63) is 64.7 Å². The van der Waals surface area contributed by atoms with Crippen LogP contribution in [0.1, 0.15) is 30.9 Å². The maximum Gasteiger partial charge on any atom is 0.191 e. The van der Waals surface area contributed by atoms with Crippen LogP contribution in [0.2, 0.25) is 5.02 Å². The molecule has 164 valence electrons. The first-order chi connectivity index (χ1) is 14.2. The van der Waals surface area contributed by atoms with Crippen LogP contribution in [0.15, 0.2) is 53.5 Å². The van der Waals surface area contributed by atoms with Crippen LogP contribution in [0.4, 0.5) is 0 Å². The van der Waals surface area contributed by atoms with Crippen LogP contribution in [0.3, 0.4) is 0 Å². The molecule has 0 atom stereocenters. The van der Waals surface area contributed by atoms with Crippen LogP contribution in [0.5, 0.6) is 5.75 Å². The Hall–Kier alpha value is -1.51. The van der Waals surface area contributed by atoms with Crippen molar-refractivity contribution in [2.24, 2.45) is 4.99 Å². The Morgan fingerprint density at radius 3 is 2.60 bits per heavy atom. The smallest absolute Gasteiger partial charge is 0.191 e. The third kappa shape index (κ3) is 6.49. The van der Waals surface area contributed by atoms with Gasteiger partial charge in [-0.3, -0.25) is 0 Å². The molecule has 1 aliphatic heterocycles. The summed E-state index contributed by atoms with van der Waals surface area (Å²) in [6.07, 6.45) is 1.90. The van der Waals surface area contributed by atoms with Gasteiger partial charge in [-0.15, -0.1) is 24.0 Å². The third-order valence-electron chi connectivity index (χ3n) is 5.43. The van der Waals surface area contributed by atoms with E-state index < -0.39 is 0 Å². The van der Waals surface area contributed by atoms with Gasteiger partial charge in [0.2, 0.25) is 0 Å². The SMILES string of the molecule is CCNC(=NCc1ccccc1OC)NCC1(c2cccc(Cl)c2)CCOCC1.I. The zero-order valence-electron chi connectivity index (χ0n) is 17.6. The molecule has 0 radical (unpaired) electrons. The van der Waals surface area contributed by atoms with E-state index in [-0.39, 0.29) is 29.4 Å². The zero-order chi connectivity index (χ0) is 20.5. The van der Waals surface area contributed by atoms with E-state index >= 15 is 0 Å². The molecule has 1 saturated heterocycles. The highest BCUT2D eigenvalue weighted by molar-refractivity contribution is 14.0. The average molecular weight is 544 g/mol. The van der Waals surface area contributed by atoms with Crippen molar-refractivity contribution in [1.29, 1.82) is 0 Å². The number of para-hydroxylation sites is 1. The lowest BCUT2D eigenvalue weighted by molar-refractivity contribution is 0.0514. The molecular formula is C23H31ClIN3O2. The van der Waals surface area contributed by atoms with Gasteiger partial charge in [0.05, 0.1) is 13.7 Å². The molecule has 1 heterocycles. The van der Waals surface area contributed by atoms with E-state index in [1.165, 1.54) is 5.56 Å². The highest BCUT2D eigenvalue weighted by Crippen LogP contribution is 2.35. The summed E-state index contributed by atoms with van der Waals surface area (Å²) in [5.74, 6) is 1.65. The van der Waals surface area contributed by atoms with E-state index in [0.29, 0.717) is 6.54 Å². The maximum atomic E-state index is 6.29. The lowest BCUT2D eigenvalue weighted by Gasteiger charge is -2.38. The number of hydrogen-bond donors (Lipinski definition) is 2. The van der Waals surface area contributed by atoms with Gasteiger partial charge in [-0.1, -0.05) is 41.9 Å². The van der Waals surface area contributed by atoms with E-state index in [0.717, 1.165) is 61.4 Å². The van der Waals surface area contributed by atoms with Gasteiger partial charge in [-0.2, -0.15) is 0 Å². The molecule has 2 aromatic carbocycles. The van der Waals surface area contributed by atoms with E-state index in [1.54, 1.807) is 7.11 Å². The number of ether oxygens (including phenoxy) is 2. The van der Waals surface area contributed by atoms with E-state index in [1.807, 2.05) is 36.4 Å². The molecular weight excluding hydrogens is 513 g/mol. The van der Waals surface area contributed by atoms with Crippen molar-refractivity contribution >= 4 is 41.5 Å². The van der Waals surface area contributed by atoms with E-state index in [4.69, 9.17) is 26.1 Å². The van der Waals surface area contributed by atoms with Crippen LogP contribution in [-0.4, -0.2) is 39.4 Å². The maximum absolute atomic E-state index is 6.29. The van der Waals surface area contributed by atoms with Crippen molar-refractivity contribution in [2.45, 2.75) is 31.7 Å². The number of halogens is 2. The molecule has 5 nitrogen and oxygen atoms in total. The Morgan fingerprint density at radius 2 is 1.90 bits per heavy atom. The zero-order valence-corrected chi connectivity index (χ0v) is 20.7. The van der Waals surface area contributed by atoms with Crippen molar-refractivity contribution in [1.82, 2.24) is 10.6 Å². The number of benzene rings is 2. The summed E-state index contributed by atoms with van der Waals surface area (Å²) in [6.45, 7) is 5.69. The van der Waals surface area contributed by atoms with Crippen molar-refractivity contribution in [3.8, 4) is 5.75 Å². The van der Waals surface area contributed by atoms with Crippen LogP contribution in [0.25, 0.3) is 0 Å². The first-order valence-electron chi connectivity index (χ1n) is 10.1. The highest BCUT2D eigenvalue weighted by Gasteiger charge is 2.34. The Morgan fingerprint density at radius 1 is 1.13 bits per heavy atom. The molecule has 0 aliphatic carbocycles. The predicted octanol–water partition coefficient (Wildman–Crippen LogP) is 4.77. The van der Waals surface area contributed by atoms with Crippen LogP contribution in [-0.2, 0) is 16.7 Å². The Labute approximate surface area is 201 Å². The standard InChI is InChI=1S/C23H30ClN3O2.HI/c1-3-25-22(26-16-18-7-4-5-10-21(18)28-2)27-17-23(11-13-29-14-12-23)19-8-6-9-20(24)15-19;/h4-10,15H,3,11-14,16-17H2,1-2H3,(H2,25,26,27);1H. The summed E-state index contributed by atoms with van der Waals surface area (Å²) in [7, 11) is 1.69. The molecule has 0 spiro atoms. The lowest BCUT2D eigenvalue weighted by Crippen LogP contribution is -2.48. The van der Waals surface area contributed by atoms with Crippen molar-refractivity contribution in [2.75, 3.05) is 33.4 Å². The van der Waals surface area contributed by atoms with Crippen LogP contribution < -0.4 is 15.4 Å². The summed E-state index contributed by atoms with van der Waals surface area (Å²) in [5.41, 5.74) is 2.29. The second-order valence-corrected chi connectivity index (χ2v) is 7.70. The lowest BCUT2D eigenvalue weighted by atomic mass is 9.74. The van der Waals surface area contributed by atoms with Crippen molar-refractivity contribution in [3.63, 3.8) is 0 Å². The third-order valence-corrected chi connectivity index (χ3v) is 5.66. The van der Waals surface area contributed by atoms with Crippen molar-refractivity contribution < 1.29 is 9.47 Å². The molecule has 7 heteroatoms. The number of nitrogens with one attached hydrogen (secondary N) is 2. The molecule has 0 bridgehead atoms. The molecule has 1 aliphatic rings. The number of nitrogens with zero attached hydrogens (tertiary/aromatic N) is 1. The summed E-state index contributed by atoms with van der Waals surface area (Å²) < 4.78 is 11.1. The average Bonchev–Trinajstić information content (AvgIpc) is 2.76. The van der Waals surface area contributed by atoms with Gasteiger partial charge in [-0.05, 0) is 43.5 Å². The number of guanidine groups is 1. The second kappa shape index (κ2) is 12.4. The summed E-state index contributed by atoms with van der Waals surface area (Å²) >= 11 is 6.29. The second-order valence-electron chi connectivity index (χ2n) is 7.26. The minimum Gasteiger partial charge on any atom is -0.496 e. The van der Waals surface area contributed by atoms with Crippen LogP contribution in [0, 0.1) is 0 Å². The minimum absolute atomic E-state index is 0. The normalized spacial score (nSPS) is 15.8. The molecule has 1 fully saturated rings. The van der Waals surface area contributed by atoms with E-state index in [2.05, 4.69) is 29.7 Å². The van der Waals surface area contributed by atoms with Gasteiger partial charge < -0.3 is 20.1 Å². The molecule has 30 heavy (non-hydrogen) atoms. The Kier molecular flexibility index (Phi) is 10.2. The fraction of sp³-hybridized carbons (Fsp3) is 0.435. The molecule has 0 amide bonds. The highest BCUT2D eigenvalue weighted by atomic mass is 127.